The monoisotopic (exact) mass is 396 g/mol. The molecule has 0 aliphatic heterocycles. The number of amides is 2. The molecular weight excluding hydrogens is 377 g/mol. The minimum Gasteiger partial charge on any atom is -0.445 e. The molecule has 28 heavy (non-hydrogen) atoms. The topological polar surface area (TPSA) is 76.7 Å². The Balaban J connectivity index is 1.88. The Kier molecular flexibility index (Phi) is 6.50. The largest absolute Gasteiger partial charge is 0.573 e. The molecule has 0 unspecified atom stereocenters. The molecule has 2 rings (SSSR count). The van der Waals surface area contributed by atoms with E-state index < -0.39 is 29.7 Å². The first-order valence-corrected chi connectivity index (χ1v) is 8.21. The summed E-state index contributed by atoms with van der Waals surface area (Å²) in [4.78, 5) is 24.3. The van der Waals surface area contributed by atoms with E-state index in [4.69, 9.17) is 4.74 Å². The van der Waals surface area contributed by atoms with Crippen molar-refractivity contribution in [2.75, 3.05) is 5.32 Å². The molecule has 0 saturated carbocycles. The number of carbonyl (C=O) groups excluding carboxylic acids is 2. The minimum absolute atomic E-state index is 0.0467. The summed E-state index contributed by atoms with van der Waals surface area (Å²) in [6, 6.07) is 13.7. The van der Waals surface area contributed by atoms with E-state index in [1.807, 2.05) is 6.07 Å². The van der Waals surface area contributed by atoms with Crippen molar-refractivity contribution in [2.24, 2.45) is 0 Å². The first-order chi connectivity index (χ1) is 13.0. The van der Waals surface area contributed by atoms with Crippen molar-refractivity contribution < 1.29 is 32.2 Å². The number of carbonyl (C=O) groups is 2. The lowest BCUT2D eigenvalue weighted by Gasteiger charge is -2.24. The van der Waals surface area contributed by atoms with Gasteiger partial charge >= 0.3 is 12.5 Å². The zero-order valence-electron chi connectivity index (χ0n) is 15.2. The quantitative estimate of drug-likeness (QED) is 0.766. The Hall–Kier alpha value is -3.23. The summed E-state index contributed by atoms with van der Waals surface area (Å²) in [6.45, 7) is 2.98. The molecule has 0 heterocycles. The third-order valence-electron chi connectivity index (χ3n) is 3.54. The number of ether oxygens (including phenoxy) is 2. The average Bonchev–Trinajstić information content (AvgIpc) is 2.61. The van der Waals surface area contributed by atoms with Crippen molar-refractivity contribution in [1.82, 2.24) is 5.32 Å². The molecule has 2 amide bonds. The van der Waals surface area contributed by atoms with Crippen molar-refractivity contribution in [2.45, 2.75) is 32.4 Å². The fraction of sp³-hybridized carbons (Fsp3) is 0.263. The van der Waals surface area contributed by atoms with Crippen LogP contribution in [0.25, 0.3) is 0 Å². The Labute approximate surface area is 159 Å². The summed E-state index contributed by atoms with van der Waals surface area (Å²) >= 11 is 0. The molecule has 0 fully saturated rings. The van der Waals surface area contributed by atoms with Gasteiger partial charge in [-0.25, -0.2) is 4.79 Å². The van der Waals surface area contributed by atoms with Gasteiger partial charge in [0.2, 0.25) is 5.91 Å². The maximum absolute atomic E-state index is 12.4. The van der Waals surface area contributed by atoms with Gasteiger partial charge in [-0.15, -0.1) is 13.2 Å². The number of rotatable bonds is 6. The lowest BCUT2D eigenvalue weighted by molar-refractivity contribution is -0.274. The molecule has 9 heteroatoms. The van der Waals surface area contributed by atoms with Crippen molar-refractivity contribution in [3.05, 3.63) is 60.2 Å². The highest BCUT2D eigenvalue weighted by atomic mass is 19.4. The molecule has 2 N–H and O–H groups in total. The zero-order chi connectivity index (χ0) is 20.8. The molecule has 0 aromatic heterocycles. The van der Waals surface area contributed by atoms with Crippen LogP contribution in [0.1, 0.15) is 19.4 Å². The maximum Gasteiger partial charge on any atom is 0.573 e. The van der Waals surface area contributed by atoms with Crippen LogP contribution in [0, 0.1) is 0 Å². The van der Waals surface area contributed by atoms with E-state index in [0.29, 0.717) is 0 Å². The molecule has 0 bridgehead atoms. The van der Waals surface area contributed by atoms with E-state index in [1.54, 1.807) is 24.3 Å². The number of anilines is 1. The van der Waals surface area contributed by atoms with E-state index >= 15 is 0 Å². The van der Waals surface area contributed by atoms with Crippen LogP contribution in [0.5, 0.6) is 5.75 Å². The summed E-state index contributed by atoms with van der Waals surface area (Å²) in [6.07, 6.45) is -5.57. The van der Waals surface area contributed by atoms with Crippen LogP contribution in [0.4, 0.5) is 23.7 Å². The third-order valence-corrected chi connectivity index (χ3v) is 3.54. The highest BCUT2D eigenvalue weighted by Crippen LogP contribution is 2.24. The van der Waals surface area contributed by atoms with Gasteiger partial charge in [0, 0.05) is 5.69 Å². The van der Waals surface area contributed by atoms with Crippen LogP contribution in [0.3, 0.4) is 0 Å². The van der Waals surface area contributed by atoms with Crippen LogP contribution in [-0.4, -0.2) is 23.9 Å². The third kappa shape index (κ3) is 6.82. The zero-order valence-corrected chi connectivity index (χ0v) is 15.2. The van der Waals surface area contributed by atoms with E-state index in [9.17, 15) is 22.8 Å². The van der Waals surface area contributed by atoms with Crippen molar-refractivity contribution in [3.63, 3.8) is 0 Å². The standard InChI is InChI=1S/C19H19F3N2O4/c1-18(2,24-17(26)27-12-13-6-4-3-5-7-13)16(25)23-14-8-10-15(11-9-14)28-19(20,21)22/h3-11H,12H2,1-2H3,(H,23,25)(H,24,26). The lowest BCUT2D eigenvalue weighted by Crippen LogP contribution is -2.52. The van der Waals surface area contributed by atoms with Gasteiger partial charge in [-0.1, -0.05) is 30.3 Å². The normalized spacial score (nSPS) is 11.5. The van der Waals surface area contributed by atoms with Crippen molar-refractivity contribution in [3.8, 4) is 5.75 Å². The first-order valence-electron chi connectivity index (χ1n) is 8.21. The predicted octanol–water partition coefficient (Wildman–Crippen LogP) is 4.23. The molecule has 2 aromatic carbocycles. The second-order valence-electron chi connectivity index (χ2n) is 6.34. The second-order valence-corrected chi connectivity index (χ2v) is 6.34. The number of hydrogen-bond acceptors (Lipinski definition) is 4. The van der Waals surface area contributed by atoms with E-state index in [-0.39, 0.29) is 12.3 Å². The van der Waals surface area contributed by atoms with Gasteiger partial charge in [0.25, 0.3) is 0 Å². The fourth-order valence-corrected chi connectivity index (χ4v) is 2.10. The van der Waals surface area contributed by atoms with Crippen LogP contribution in [-0.2, 0) is 16.1 Å². The summed E-state index contributed by atoms with van der Waals surface area (Å²) in [5, 5.41) is 4.95. The number of benzene rings is 2. The van der Waals surface area contributed by atoms with E-state index in [1.165, 1.54) is 26.0 Å². The van der Waals surface area contributed by atoms with Crippen LogP contribution < -0.4 is 15.4 Å². The van der Waals surface area contributed by atoms with Crippen LogP contribution in [0.15, 0.2) is 54.6 Å². The van der Waals surface area contributed by atoms with Crippen molar-refractivity contribution in [1.29, 1.82) is 0 Å². The SMILES string of the molecule is CC(C)(NC(=O)OCc1ccccc1)C(=O)Nc1ccc(OC(F)(F)F)cc1. The second kappa shape index (κ2) is 8.64. The predicted molar refractivity (Wildman–Crippen MR) is 95.6 cm³/mol. The van der Waals surface area contributed by atoms with Gasteiger partial charge in [0.1, 0.15) is 17.9 Å². The van der Waals surface area contributed by atoms with Gasteiger partial charge in [-0.05, 0) is 43.7 Å². The van der Waals surface area contributed by atoms with Gasteiger partial charge in [-0.3, -0.25) is 4.79 Å². The summed E-state index contributed by atoms with van der Waals surface area (Å²) < 4.78 is 45.3. The highest BCUT2D eigenvalue weighted by molar-refractivity contribution is 5.99. The van der Waals surface area contributed by atoms with Gasteiger partial charge in [0.15, 0.2) is 0 Å². The molecule has 2 aromatic rings. The summed E-state index contributed by atoms with van der Waals surface area (Å²) in [5.41, 5.74) is -0.289. The van der Waals surface area contributed by atoms with Crippen LogP contribution >= 0.6 is 0 Å². The molecular formula is C19H19F3N2O4. The number of nitrogens with one attached hydrogen (secondary N) is 2. The van der Waals surface area contributed by atoms with Crippen molar-refractivity contribution >= 4 is 17.7 Å². The summed E-state index contributed by atoms with van der Waals surface area (Å²) in [7, 11) is 0. The molecule has 0 saturated heterocycles. The maximum atomic E-state index is 12.4. The van der Waals surface area contributed by atoms with Gasteiger partial charge < -0.3 is 20.1 Å². The Morgan fingerprint density at radius 1 is 0.964 bits per heavy atom. The van der Waals surface area contributed by atoms with Gasteiger partial charge in [-0.2, -0.15) is 0 Å². The molecule has 0 spiro atoms. The molecule has 6 nitrogen and oxygen atoms in total. The first kappa shape index (κ1) is 21.1. The van der Waals surface area contributed by atoms with Gasteiger partial charge in [0.05, 0.1) is 0 Å². The Morgan fingerprint density at radius 2 is 1.57 bits per heavy atom. The molecule has 0 radical (unpaired) electrons. The molecule has 0 aliphatic rings. The number of alkyl carbamates (subject to hydrolysis) is 1. The average molecular weight is 396 g/mol. The van der Waals surface area contributed by atoms with E-state index in [0.717, 1.165) is 17.7 Å². The number of hydrogen-bond donors (Lipinski definition) is 2. The van der Waals surface area contributed by atoms with E-state index in [2.05, 4.69) is 15.4 Å². The Morgan fingerprint density at radius 3 is 2.14 bits per heavy atom. The number of alkyl halides is 3. The minimum atomic E-state index is -4.79. The molecule has 0 aliphatic carbocycles. The highest BCUT2D eigenvalue weighted by Gasteiger charge is 2.32. The number of halogens is 3. The summed E-state index contributed by atoms with van der Waals surface area (Å²) in [5.74, 6) is -0.985. The fourth-order valence-electron chi connectivity index (χ4n) is 2.10. The lowest BCUT2D eigenvalue weighted by atomic mass is 10.0. The Bertz CT molecular complexity index is 806. The smallest absolute Gasteiger partial charge is 0.445 e. The molecule has 150 valence electrons. The van der Waals surface area contributed by atoms with Crippen LogP contribution in [0.2, 0.25) is 0 Å². The molecule has 0 atom stereocenters.